The molecule has 2 heterocycles. The third kappa shape index (κ3) is 4.65. The summed E-state index contributed by atoms with van der Waals surface area (Å²) in [5.41, 5.74) is 8.97. The van der Waals surface area contributed by atoms with Crippen molar-refractivity contribution in [2.75, 3.05) is 0 Å². The van der Waals surface area contributed by atoms with E-state index in [0.717, 1.165) is 31.2 Å². The van der Waals surface area contributed by atoms with E-state index in [1.54, 1.807) is 0 Å². The zero-order chi connectivity index (χ0) is 27.7. The molecule has 2 aliphatic carbocycles. The number of fused-ring (bicyclic) bond motifs is 4. The van der Waals surface area contributed by atoms with E-state index in [-0.39, 0.29) is 28.3 Å². The first-order valence-electron chi connectivity index (χ1n) is 14.8. The van der Waals surface area contributed by atoms with E-state index in [9.17, 15) is 0 Å². The van der Waals surface area contributed by atoms with Crippen molar-refractivity contribution in [3.8, 4) is 0 Å². The highest BCUT2D eigenvalue weighted by Gasteiger charge is 2.54. The lowest BCUT2D eigenvalue weighted by molar-refractivity contribution is -0.0579. The van der Waals surface area contributed by atoms with E-state index in [0.29, 0.717) is 5.92 Å². The van der Waals surface area contributed by atoms with Crippen molar-refractivity contribution in [1.29, 1.82) is 0 Å². The van der Waals surface area contributed by atoms with Crippen molar-refractivity contribution in [2.45, 2.75) is 129 Å². The second-order valence-corrected chi connectivity index (χ2v) is 19.5. The number of rotatable bonds is 5. The summed E-state index contributed by atoms with van der Waals surface area (Å²) in [6.07, 6.45) is 8.55. The molecule has 0 amide bonds. The minimum absolute atomic E-state index is 0.0695. The Bertz CT molecular complexity index is 1210. The van der Waals surface area contributed by atoms with Crippen LogP contribution in [-0.4, -0.2) is 13.3 Å². The first-order valence-corrected chi connectivity index (χ1v) is 17.7. The Morgan fingerprint density at radius 2 is 1.71 bits per heavy atom. The molecule has 206 valence electrons. The quantitative estimate of drug-likeness (QED) is 0.360. The Labute approximate surface area is 232 Å². The first kappa shape index (κ1) is 27.8. The molecule has 1 aromatic heterocycles. The molecule has 0 saturated heterocycles. The lowest BCUT2D eigenvalue weighted by atomic mass is 9.70. The topological polar surface area (TPSA) is 31.4 Å². The van der Waals surface area contributed by atoms with Gasteiger partial charge >= 0.3 is 0 Å². The van der Waals surface area contributed by atoms with Crippen LogP contribution in [0, 0.1) is 5.41 Å². The standard InChI is InChI=1S/C34H49NO2Si/c1-11-23-14-16-24(17-15-23)31-28-29(34(36-31)18-12-13-19-34)27-25(35-30(28)22(2)3)20-33(7,8)21-26(27)37-38(9,10)32(4,5)6/h11,14-17,22,26,31H,1,12-13,18-21H2,2-10H3/t26-,31+/m0/s1. The van der Waals surface area contributed by atoms with Crippen LogP contribution in [-0.2, 0) is 21.2 Å². The highest BCUT2D eigenvalue weighted by Crippen LogP contribution is 2.60. The minimum atomic E-state index is -2.01. The molecular weight excluding hydrogens is 482 g/mol. The van der Waals surface area contributed by atoms with E-state index in [1.165, 1.54) is 46.5 Å². The molecule has 4 heteroatoms. The maximum Gasteiger partial charge on any atom is 0.192 e. The molecule has 0 unspecified atom stereocenters. The predicted molar refractivity (Wildman–Crippen MR) is 161 cm³/mol. The van der Waals surface area contributed by atoms with Gasteiger partial charge in [0.1, 0.15) is 6.10 Å². The van der Waals surface area contributed by atoms with Crippen LogP contribution in [0.3, 0.4) is 0 Å². The van der Waals surface area contributed by atoms with Crippen molar-refractivity contribution >= 4 is 14.4 Å². The van der Waals surface area contributed by atoms with Gasteiger partial charge in [0, 0.05) is 22.5 Å². The average molecular weight is 532 g/mol. The minimum Gasteiger partial charge on any atom is -0.410 e. The molecule has 5 rings (SSSR count). The fraction of sp³-hybridized carbons (Fsp3) is 0.618. The van der Waals surface area contributed by atoms with Crippen LogP contribution in [0.15, 0.2) is 30.8 Å². The Kier molecular flexibility index (Phi) is 6.89. The van der Waals surface area contributed by atoms with Crippen LogP contribution < -0.4 is 0 Å². The van der Waals surface area contributed by atoms with Gasteiger partial charge in [-0.1, -0.05) is 98.2 Å². The monoisotopic (exact) mass is 531 g/mol. The van der Waals surface area contributed by atoms with Crippen molar-refractivity contribution < 1.29 is 9.16 Å². The number of aromatic nitrogens is 1. The van der Waals surface area contributed by atoms with E-state index < -0.39 is 8.32 Å². The zero-order valence-electron chi connectivity index (χ0n) is 25.3. The first-order chi connectivity index (χ1) is 17.7. The summed E-state index contributed by atoms with van der Waals surface area (Å²) in [4.78, 5) is 5.53. The molecule has 2 aromatic rings. The lowest BCUT2D eigenvalue weighted by Gasteiger charge is -2.45. The molecule has 0 radical (unpaired) electrons. The summed E-state index contributed by atoms with van der Waals surface area (Å²) in [5.74, 6) is 0.328. The van der Waals surface area contributed by atoms with Crippen LogP contribution in [0.25, 0.3) is 6.08 Å². The molecule has 38 heavy (non-hydrogen) atoms. The van der Waals surface area contributed by atoms with E-state index in [1.807, 2.05) is 6.08 Å². The van der Waals surface area contributed by atoms with E-state index >= 15 is 0 Å². The molecule has 0 bridgehead atoms. The van der Waals surface area contributed by atoms with Gasteiger partial charge in [-0.25, -0.2) is 0 Å². The summed E-state index contributed by atoms with van der Waals surface area (Å²) >= 11 is 0. The number of ether oxygens (including phenoxy) is 1. The predicted octanol–water partition coefficient (Wildman–Crippen LogP) is 9.77. The lowest BCUT2D eigenvalue weighted by Crippen LogP contribution is -2.44. The zero-order valence-corrected chi connectivity index (χ0v) is 26.3. The number of pyridine rings is 1. The van der Waals surface area contributed by atoms with Crippen molar-refractivity contribution in [2.24, 2.45) is 5.41 Å². The molecular formula is C34H49NO2Si. The van der Waals surface area contributed by atoms with Gasteiger partial charge in [-0.15, -0.1) is 0 Å². The van der Waals surface area contributed by atoms with Crippen molar-refractivity contribution in [3.05, 3.63) is 70.0 Å². The number of nitrogens with zero attached hydrogens (tertiary/aromatic N) is 1. The Morgan fingerprint density at radius 3 is 2.26 bits per heavy atom. The molecule has 1 aliphatic heterocycles. The SMILES string of the molecule is C=Cc1ccc([C@H]2OC3(CCCC3)c3c2c(C(C)C)nc2c3[C@@H](O[Si](C)(C)C(C)(C)C)CC(C)(C)C2)cc1. The van der Waals surface area contributed by atoms with Gasteiger partial charge < -0.3 is 9.16 Å². The highest BCUT2D eigenvalue weighted by molar-refractivity contribution is 6.74. The molecule has 1 saturated carbocycles. The molecule has 2 atom stereocenters. The van der Waals surface area contributed by atoms with Gasteiger partial charge in [0.15, 0.2) is 8.32 Å². The molecule has 3 nitrogen and oxygen atoms in total. The third-order valence-corrected chi connectivity index (χ3v) is 14.3. The van der Waals surface area contributed by atoms with Crippen LogP contribution in [0.5, 0.6) is 0 Å². The number of hydrogen-bond donors (Lipinski definition) is 0. The summed E-state index contributed by atoms with van der Waals surface area (Å²) < 4.78 is 14.6. The Hall–Kier alpha value is -1.75. The van der Waals surface area contributed by atoms with Gasteiger partial charge in [-0.2, -0.15) is 0 Å². The summed E-state index contributed by atoms with van der Waals surface area (Å²) in [7, 11) is -2.01. The third-order valence-electron chi connectivity index (χ3n) is 9.82. The van der Waals surface area contributed by atoms with Gasteiger partial charge in [0.2, 0.25) is 0 Å². The maximum atomic E-state index is 7.34. The Balaban J connectivity index is 1.77. The van der Waals surface area contributed by atoms with Gasteiger partial charge in [-0.3, -0.25) is 4.98 Å². The normalized spacial score (nSPS) is 24.1. The van der Waals surface area contributed by atoms with Crippen LogP contribution >= 0.6 is 0 Å². The van der Waals surface area contributed by atoms with Crippen LogP contribution in [0.1, 0.15) is 138 Å². The second-order valence-electron chi connectivity index (χ2n) is 14.8. The van der Waals surface area contributed by atoms with Crippen LogP contribution in [0.2, 0.25) is 18.1 Å². The second kappa shape index (κ2) is 9.42. The van der Waals surface area contributed by atoms with Crippen molar-refractivity contribution in [1.82, 2.24) is 4.98 Å². The summed E-state index contributed by atoms with van der Waals surface area (Å²) in [5, 5.41) is 0.153. The van der Waals surface area contributed by atoms with Gasteiger partial charge in [0.25, 0.3) is 0 Å². The van der Waals surface area contributed by atoms with Crippen molar-refractivity contribution in [3.63, 3.8) is 0 Å². The smallest absolute Gasteiger partial charge is 0.192 e. The fourth-order valence-electron chi connectivity index (χ4n) is 6.82. The molecule has 1 fully saturated rings. The largest absolute Gasteiger partial charge is 0.410 e. The molecule has 0 N–H and O–H groups in total. The molecule has 1 aromatic carbocycles. The molecule has 3 aliphatic rings. The number of hydrogen-bond acceptors (Lipinski definition) is 3. The Morgan fingerprint density at radius 1 is 1.08 bits per heavy atom. The summed E-state index contributed by atoms with van der Waals surface area (Å²) in [6.45, 7) is 25.2. The highest BCUT2D eigenvalue weighted by atomic mass is 28.4. The average Bonchev–Trinajstić information content (AvgIpc) is 3.42. The van der Waals surface area contributed by atoms with Gasteiger partial charge in [0.05, 0.1) is 11.7 Å². The summed E-state index contributed by atoms with van der Waals surface area (Å²) in [6, 6.07) is 8.79. The maximum absolute atomic E-state index is 7.34. The van der Waals surface area contributed by atoms with E-state index in [2.05, 4.69) is 92.4 Å². The molecule has 1 spiro atoms. The van der Waals surface area contributed by atoms with Gasteiger partial charge in [-0.05, 0) is 71.8 Å². The fourth-order valence-corrected chi connectivity index (χ4v) is 8.09. The number of benzene rings is 1. The van der Waals surface area contributed by atoms with E-state index in [4.69, 9.17) is 14.1 Å². The van der Waals surface area contributed by atoms with Crippen LogP contribution in [0.4, 0.5) is 0 Å².